The average molecular weight is 2140 g/mol. The van der Waals surface area contributed by atoms with E-state index < -0.39 is 47.3 Å². The molecule has 34 nitrogen and oxygen atoms in total. The number of hydrogen-bond donors (Lipinski definition) is 9. The van der Waals surface area contributed by atoms with Crippen molar-refractivity contribution >= 4 is 163 Å². The third kappa shape index (κ3) is 32.3. The molecule has 12 N–H and O–H groups in total. The van der Waals surface area contributed by atoms with Gasteiger partial charge >= 0.3 is 41.9 Å². The van der Waals surface area contributed by atoms with Crippen molar-refractivity contribution in [2.24, 2.45) is 0 Å². The van der Waals surface area contributed by atoms with Crippen LogP contribution in [-0.2, 0) is 97.1 Å². The molecule has 6 amide bonds. The van der Waals surface area contributed by atoms with Crippen LogP contribution in [0.3, 0.4) is 0 Å². The Kier molecular flexibility index (Phi) is 41.3. The smallest absolute Gasteiger partial charge is 0.412 e. The fourth-order valence-corrected chi connectivity index (χ4v) is 18.3. The Morgan fingerprint density at radius 1 is 0.376 bits per heavy atom. The first kappa shape index (κ1) is 112. The summed E-state index contributed by atoms with van der Waals surface area (Å²) >= 11 is 2.17. The van der Waals surface area contributed by atoms with E-state index in [9.17, 15) is 62.3 Å². The highest BCUT2D eigenvalue weighted by molar-refractivity contribution is 14.1. The van der Waals surface area contributed by atoms with Crippen LogP contribution in [0.5, 0.6) is 0 Å². The van der Waals surface area contributed by atoms with E-state index in [2.05, 4.69) is 79.4 Å². The average Bonchev–Trinajstić information content (AvgIpc) is 0.622. The molecule has 35 heteroatoms. The van der Waals surface area contributed by atoms with Gasteiger partial charge in [0.05, 0.1) is 120 Å². The number of ether oxygens (including phenoxy) is 7. The van der Waals surface area contributed by atoms with Crippen LogP contribution in [0.15, 0.2) is 177 Å². The maximum atomic E-state index is 12.6. The van der Waals surface area contributed by atoms with Crippen LogP contribution in [-0.4, -0.2) is 147 Å². The number of amides is 6. The lowest BCUT2D eigenvalue weighted by atomic mass is 9.90. The second-order valence-corrected chi connectivity index (χ2v) is 38.3. The Morgan fingerprint density at radius 2 is 0.705 bits per heavy atom. The lowest BCUT2D eigenvalue weighted by molar-refractivity contribution is -0.146. The van der Waals surface area contributed by atoms with Gasteiger partial charge < -0.3 is 76.9 Å². The van der Waals surface area contributed by atoms with E-state index in [1.807, 2.05) is 91.0 Å². The molecular formula is C114H129IN14O20. The summed E-state index contributed by atoms with van der Waals surface area (Å²) in [6.45, 7) is 17.9. The molecule has 5 aromatic heterocycles. The Hall–Kier alpha value is -15.4. The molecule has 5 atom stereocenters. The van der Waals surface area contributed by atoms with E-state index in [0.29, 0.717) is 233 Å². The van der Waals surface area contributed by atoms with Gasteiger partial charge in [0.15, 0.2) is 5.78 Å². The molecule has 5 aromatic carbocycles. The SMILES string of the molecule is CCOC(=O)/C=C/c1cc2c(cc1N)NC(=O)CCCCC(C(=O)OCC)c1cc-2ccn1.CCOC(=O)C1CCCCC(=O)Nc2cc(N)c(I)cc2-c2ccnc1c2.CCOC(=O)C1CCCCC(=O)Nc2cc(N)ccc2-c2ccnc1c2.CCOC(=O)C1CCCCC(=O)Nc2cc(NC(=O)OC(C)(C)C)ccc2-c2ccnc1c2.CCOC(=O)C1CCCCC(=O)Nc2cc3c(cc2-c2ccnc1c2)C=CC(=O)C3. The predicted molar refractivity (Wildman–Crippen MR) is 580 cm³/mol. The largest absolute Gasteiger partial charge is 0.465 e. The first-order valence-electron chi connectivity index (χ1n) is 50.6. The number of nitrogens with two attached hydrogens (primary N) is 3. The lowest BCUT2D eigenvalue weighted by Crippen LogP contribution is -2.27. The molecule has 6 aliphatic rings. The summed E-state index contributed by atoms with van der Waals surface area (Å²) in [5, 5.41) is 17.6. The van der Waals surface area contributed by atoms with Gasteiger partial charge in [-0.15, -0.1) is 0 Å². The fraction of sp³-hybridized carbons (Fsp3) is 0.368. The molecule has 10 aromatic rings. The van der Waals surface area contributed by atoms with E-state index in [0.717, 1.165) is 84.0 Å². The van der Waals surface area contributed by atoms with Gasteiger partial charge in [-0.1, -0.05) is 50.3 Å². The van der Waals surface area contributed by atoms with Crippen molar-refractivity contribution in [2.75, 3.05) is 88.7 Å². The van der Waals surface area contributed by atoms with Crippen molar-refractivity contribution in [1.29, 1.82) is 0 Å². The van der Waals surface area contributed by atoms with Crippen molar-refractivity contribution < 1.29 is 95.5 Å². The molecule has 782 valence electrons. The first-order chi connectivity index (χ1) is 71.7. The molecule has 149 heavy (non-hydrogen) atoms. The number of nitrogens with one attached hydrogen (secondary N) is 6. The quantitative estimate of drug-likeness (QED) is 0.0160. The number of ketones is 1. The van der Waals surface area contributed by atoms with E-state index in [1.165, 1.54) is 6.08 Å². The third-order valence-electron chi connectivity index (χ3n) is 25.1. The predicted octanol–water partition coefficient (Wildman–Crippen LogP) is 21.0. The maximum Gasteiger partial charge on any atom is 0.412 e. The summed E-state index contributed by atoms with van der Waals surface area (Å²) < 4.78 is 37.5. The lowest BCUT2D eigenvalue weighted by Gasteiger charge is -2.21. The van der Waals surface area contributed by atoms with Gasteiger partial charge in [0.1, 0.15) is 5.60 Å². The highest BCUT2D eigenvalue weighted by Gasteiger charge is 2.33. The molecule has 0 fully saturated rings. The van der Waals surface area contributed by atoms with E-state index in [4.69, 9.17) is 50.4 Å². The van der Waals surface area contributed by atoms with Crippen molar-refractivity contribution in [3.05, 3.63) is 225 Å². The van der Waals surface area contributed by atoms with Crippen molar-refractivity contribution in [2.45, 2.75) is 232 Å². The van der Waals surface area contributed by atoms with Crippen molar-refractivity contribution in [3.8, 4) is 55.6 Å². The molecule has 5 aliphatic heterocycles. The number of halogens is 1. The van der Waals surface area contributed by atoms with Crippen LogP contribution in [0.4, 0.5) is 56.0 Å². The van der Waals surface area contributed by atoms with E-state index >= 15 is 0 Å². The van der Waals surface area contributed by atoms with Gasteiger partial charge in [-0.3, -0.25) is 83.0 Å². The summed E-state index contributed by atoms with van der Waals surface area (Å²) in [5.74, 6) is -4.60. The number of carbonyl (C=O) groups is 13. The zero-order valence-electron chi connectivity index (χ0n) is 85.4. The molecule has 5 unspecified atom stereocenters. The second kappa shape index (κ2) is 54.8. The minimum absolute atomic E-state index is 0.0467. The van der Waals surface area contributed by atoms with Gasteiger partial charge in [0.2, 0.25) is 29.5 Å². The molecule has 0 saturated carbocycles. The zero-order valence-corrected chi connectivity index (χ0v) is 87.5. The minimum Gasteiger partial charge on any atom is -0.465 e. The molecule has 16 rings (SSSR count). The summed E-state index contributed by atoms with van der Waals surface area (Å²) in [7, 11) is 0. The molecule has 0 radical (unpaired) electrons. The van der Waals surface area contributed by atoms with Gasteiger partial charge in [0, 0.05) is 135 Å². The third-order valence-corrected chi connectivity index (χ3v) is 26.0. The number of rotatable bonds is 14. The van der Waals surface area contributed by atoms with Crippen LogP contribution >= 0.6 is 22.6 Å². The van der Waals surface area contributed by atoms with Gasteiger partial charge in [-0.2, -0.15) is 0 Å². The number of carbonyl (C=O) groups excluding carboxylic acids is 13. The monoisotopic (exact) mass is 2140 g/mol. The second-order valence-electron chi connectivity index (χ2n) is 37.1. The van der Waals surface area contributed by atoms with Gasteiger partial charge in [0.25, 0.3) is 0 Å². The number of fused-ring (bicyclic) bond motifs is 21. The summed E-state index contributed by atoms with van der Waals surface area (Å²) in [6.07, 6.45) is 26.0. The molecule has 1 aliphatic carbocycles. The zero-order chi connectivity index (χ0) is 107. The van der Waals surface area contributed by atoms with Crippen molar-refractivity contribution in [1.82, 2.24) is 24.9 Å². The first-order valence-corrected chi connectivity index (χ1v) is 51.7. The number of aromatic nitrogens is 5. The topological polar surface area (TPSA) is 501 Å². The normalized spacial score (nSPS) is 17.0. The molecule has 0 spiro atoms. The van der Waals surface area contributed by atoms with Crippen LogP contribution in [0.2, 0.25) is 0 Å². The Labute approximate surface area is 880 Å². The Bertz CT molecular complexity index is 6640. The van der Waals surface area contributed by atoms with Crippen LogP contribution < -0.4 is 49.1 Å². The number of benzene rings is 5. The highest BCUT2D eigenvalue weighted by Crippen LogP contribution is 2.43. The number of nitrogen functional groups attached to an aromatic ring is 3. The van der Waals surface area contributed by atoms with E-state index in [-0.39, 0.29) is 78.4 Å². The van der Waals surface area contributed by atoms with Crippen LogP contribution in [0.25, 0.3) is 67.8 Å². The van der Waals surface area contributed by atoms with E-state index in [1.54, 1.807) is 154 Å². The van der Waals surface area contributed by atoms with Crippen LogP contribution in [0.1, 0.15) is 265 Å². The van der Waals surface area contributed by atoms with Crippen LogP contribution in [0, 0.1) is 3.57 Å². The Morgan fingerprint density at radius 3 is 1.07 bits per heavy atom. The minimum atomic E-state index is -0.627. The number of anilines is 9. The number of esters is 6. The maximum absolute atomic E-state index is 12.6. The van der Waals surface area contributed by atoms with Gasteiger partial charge in [-0.25, -0.2) is 9.59 Å². The number of pyridine rings is 5. The molecule has 0 saturated heterocycles. The summed E-state index contributed by atoms with van der Waals surface area (Å²) in [5.41, 5.74) is 36.7. The number of hydrogen-bond acceptors (Lipinski definition) is 28. The standard InChI is InChI=1S/C25H31N3O5.C25H29N3O5.C24H24N2O4.C20H22IN3O3.C20H23N3O3/c1-5-32-23(30)19-8-6-7-9-22(29)28-21-15-17(27-24(31)33-25(2,3)4)10-11-18(21)16-12-13-26-20(19)14-16;1-3-32-24(30)10-9-17-13-19-16-11-12-27-21(14-16)18(25(31)33-4-2)7-5-6-8-23(29)28-22(19)15-20(17)26;1-2-30-24(29)19-5-3-4-6-23(28)26-22-14-17-11-18(27)8-7-15(17)12-20(22)16-9-10-25-21(19)13-16;1-2-27-20(26)13-5-3-4-6-19(25)24-18-11-16(22)15(21)10-14(18)12-7-8-23-17(13)9-12;1-2-26-20(25)16-5-3-4-6-19(24)23-18-12-14(21)7-8-15(18)13-9-10-22-17(16)11-13/h10-15,19H,5-9H2,1-4H3,(H,27,31)(H,28,29);9-15,18H,3-8,26H2,1-2H3,(H,28,29);7-10,12-14,19H,2-6,11H2,1H3,(H,26,28);7-11,13H,2-6,22H2,1H3,(H,24,25);7-12,16H,2-6,21H2,1H3,(H,23,24)/b;10-9+;;;. The van der Waals surface area contributed by atoms with Gasteiger partial charge in [-0.05, 0) is 327 Å². The molecule has 10 heterocycles. The molecule has 10 bridgehead atoms. The molecular weight excluding hydrogens is 2010 g/mol. The summed E-state index contributed by atoms with van der Waals surface area (Å²) in [4.78, 5) is 183. The number of allylic oxidation sites excluding steroid dienone is 1. The van der Waals surface area contributed by atoms with Crippen molar-refractivity contribution in [3.63, 3.8) is 0 Å². The summed E-state index contributed by atoms with van der Waals surface area (Å²) in [6, 6.07) is 40.3. The Balaban J connectivity index is 0.000000166. The fourth-order valence-electron chi connectivity index (χ4n) is 17.9. The number of nitrogens with zero attached hydrogens (tertiary/aromatic N) is 5. The highest BCUT2D eigenvalue weighted by atomic mass is 127.